The van der Waals surface area contributed by atoms with Gasteiger partial charge in [0.05, 0.1) is 26.4 Å². The van der Waals surface area contributed by atoms with Crippen molar-refractivity contribution < 1.29 is 19.0 Å². The van der Waals surface area contributed by atoms with Crippen molar-refractivity contribution in [2.24, 2.45) is 0 Å². The molecule has 5 rings (SSSR count). The number of benzene rings is 3. The molecule has 38 heavy (non-hydrogen) atoms. The Labute approximate surface area is 224 Å². The lowest BCUT2D eigenvalue weighted by molar-refractivity contribution is 0.0358. The summed E-state index contributed by atoms with van der Waals surface area (Å²) in [6.07, 6.45) is 0.994. The van der Waals surface area contributed by atoms with E-state index in [1.165, 1.54) is 0 Å². The van der Waals surface area contributed by atoms with Gasteiger partial charge in [0.15, 0.2) is 5.58 Å². The fraction of sp³-hybridized carbons (Fsp3) is 0.387. The third kappa shape index (κ3) is 6.08. The number of aromatic nitrogens is 1. The Hall–Kier alpha value is -3.23. The lowest BCUT2D eigenvalue weighted by Crippen LogP contribution is -2.37. The predicted molar refractivity (Wildman–Crippen MR) is 151 cm³/mol. The normalized spacial score (nSPS) is 14.3. The number of nitrogens with one attached hydrogen (secondary N) is 1. The molecular weight excluding hydrogens is 478 g/mol. The number of hydrogen-bond donors (Lipinski definition) is 2. The van der Waals surface area contributed by atoms with Crippen molar-refractivity contribution in [2.45, 2.75) is 26.8 Å². The fourth-order valence-corrected chi connectivity index (χ4v) is 5.02. The molecule has 0 amide bonds. The van der Waals surface area contributed by atoms with Crippen LogP contribution in [-0.2, 0) is 11.3 Å². The van der Waals surface area contributed by atoms with E-state index in [9.17, 15) is 0 Å². The van der Waals surface area contributed by atoms with Crippen LogP contribution < -0.4 is 10.1 Å². The Kier molecular flexibility index (Phi) is 8.71. The van der Waals surface area contributed by atoms with Crippen LogP contribution in [0.1, 0.15) is 23.1 Å². The summed E-state index contributed by atoms with van der Waals surface area (Å²) in [7, 11) is 0. The molecular formula is C31H37N3O4. The van der Waals surface area contributed by atoms with Crippen LogP contribution in [0.2, 0.25) is 0 Å². The Morgan fingerprint density at radius 1 is 1.00 bits per heavy atom. The molecule has 200 valence electrons. The number of ether oxygens (including phenoxy) is 2. The molecule has 0 saturated carbocycles. The Morgan fingerprint density at radius 2 is 1.82 bits per heavy atom. The summed E-state index contributed by atoms with van der Waals surface area (Å²) in [5.74, 6) is 1.53. The first-order chi connectivity index (χ1) is 18.6. The topological polar surface area (TPSA) is 80.0 Å². The highest BCUT2D eigenvalue weighted by Gasteiger charge is 2.16. The summed E-state index contributed by atoms with van der Waals surface area (Å²) < 4.78 is 18.0. The molecule has 2 heterocycles. The van der Waals surface area contributed by atoms with E-state index in [1.54, 1.807) is 0 Å². The Morgan fingerprint density at radius 3 is 2.66 bits per heavy atom. The van der Waals surface area contributed by atoms with Gasteiger partial charge in [0.1, 0.15) is 11.3 Å². The average molecular weight is 516 g/mol. The van der Waals surface area contributed by atoms with Crippen LogP contribution >= 0.6 is 0 Å². The van der Waals surface area contributed by atoms with Gasteiger partial charge < -0.3 is 24.3 Å². The van der Waals surface area contributed by atoms with Crippen molar-refractivity contribution in [1.29, 1.82) is 0 Å². The number of rotatable bonds is 11. The molecule has 3 aromatic carbocycles. The van der Waals surface area contributed by atoms with Gasteiger partial charge in [0, 0.05) is 43.9 Å². The number of morpholine rings is 1. The van der Waals surface area contributed by atoms with Gasteiger partial charge in [0.25, 0.3) is 0 Å². The van der Waals surface area contributed by atoms with Gasteiger partial charge >= 0.3 is 0 Å². The van der Waals surface area contributed by atoms with E-state index in [1.807, 2.05) is 18.2 Å². The van der Waals surface area contributed by atoms with E-state index in [0.717, 1.165) is 89.5 Å². The fourth-order valence-electron chi connectivity index (χ4n) is 5.02. The molecule has 1 fully saturated rings. The van der Waals surface area contributed by atoms with Crippen LogP contribution in [0, 0.1) is 13.8 Å². The Balaban J connectivity index is 1.33. The SMILES string of the molecule is Cc1c(OCCCN2CCOCC2)cccc1-c1ccc2nc(-c3cccc(CNCCO)c3)oc2c1C. The minimum Gasteiger partial charge on any atom is -0.493 e. The van der Waals surface area contributed by atoms with Crippen molar-refractivity contribution in [1.82, 2.24) is 15.2 Å². The highest BCUT2D eigenvalue weighted by molar-refractivity contribution is 5.87. The number of fused-ring (bicyclic) bond motifs is 1. The molecule has 4 aromatic rings. The highest BCUT2D eigenvalue weighted by atomic mass is 16.5. The number of aliphatic hydroxyl groups is 1. The molecule has 0 spiro atoms. The summed E-state index contributed by atoms with van der Waals surface area (Å²) >= 11 is 0. The number of aryl methyl sites for hydroxylation is 1. The molecule has 1 aliphatic heterocycles. The Bertz CT molecular complexity index is 1360. The second kappa shape index (κ2) is 12.5. The predicted octanol–water partition coefficient (Wildman–Crippen LogP) is 4.96. The van der Waals surface area contributed by atoms with Gasteiger partial charge in [-0.1, -0.05) is 30.3 Å². The summed E-state index contributed by atoms with van der Waals surface area (Å²) in [6.45, 7) is 11.0. The van der Waals surface area contributed by atoms with Crippen molar-refractivity contribution in [3.05, 3.63) is 71.3 Å². The first kappa shape index (κ1) is 26.4. The van der Waals surface area contributed by atoms with Crippen LogP contribution in [0.3, 0.4) is 0 Å². The number of hydrogen-bond acceptors (Lipinski definition) is 7. The quantitative estimate of drug-likeness (QED) is 0.273. The zero-order valence-electron chi connectivity index (χ0n) is 22.3. The van der Waals surface area contributed by atoms with E-state index < -0.39 is 0 Å². The van der Waals surface area contributed by atoms with Gasteiger partial charge in [-0.2, -0.15) is 0 Å². The van der Waals surface area contributed by atoms with Crippen LogP contribution in [0.5, 0.6) is 5.75 Å². The summed E-state index contributed by atoms with van der Waals surface area (Å²) in [4.78, 5) is 7.22. The number of aliphatic hydroxyl groups excluding tert-OH is 1. The molecule has 0 atom stereocenters. The van der Waals surface area contributed by atoms with Gasteiger partial charge in [-0.15, -0.1) is 0 Å². The molecule has 0 unspecified atom stereocenters. The van der Waals surface area contributed by atoms with Crippen molar-refractivity contribution in [3.63, 3.8) is 0 Å². The molecule has 1 aromatic heterocycles. The lowest BCUT2D eigenvalue weighted by atomic mass is 9.95. The van der Waals surface area contributed by atoms with Crippen LogP contribution in [0.15, 0.2) is 59.0 Å². The number of oxazole rings is 1. The second-order valence-corrected chi connectivity index (χ2v) is 9.79. The van der Waals surface area contributed by atoms with E-state index in [0.29, 0.717) is 25.6 Å². The minimum absolute atomic E-state index is 0.121. The van der Waals surface area contributed by atoms with E-state index in [-0.39, 0.29) is 6.61 Å². The molecule has 0 radical (unpaired) electrons. The first-order valence-corrected chi connectivity index (χ1v) is 13.5. The van der Waals surface area contributed by atoms with Gasteiger partial charge in [-0.05, 0) is 66.8 Å². The van der Waals surface area contributed by atoms with Gasteiger partial charge in [-0.3, -0.25) is 4.90 Å². The van der Waals surface area contributed by atoms with Crippen LogP contribution in [0.25, 0.3) is 33.7 Å². The molecule has 2 N–H and O–H groups in total. The molecule has 0 aliphatic carbocycles. The number of nitrogens with zero attached hydrogens (tertiary/aromatic N) is 2. The largest absolute Gasteiger partial charge is 0.493 e. The maximum Gasteiger partial charge on any atom is 0.227 e. The molecule has 1 aliphatic rings. The summed E-state index contributed by atoms with van der Waals surface area (Å²) in [6, 6.07) is 18.6. The first-order valence-electron chi connectivity index (χ1n) is 13.5. The maximum atomic E-state index is 9.01. The lowest BCUT2D eigenvalue weighted by Gasteiger charge is -2.26. The second-order valence-electron chi connectivity index (χ2n) is 9.79. The zero-order chi connectivity index (χ0) is 26.3. The minimum atomic E-state index is 0.121. The van der Waals surface area contributed by atoms with E-state index in [4.69, 9.17) is 24.0 Å². The highest BCUT2D eigenvalue weighted by Crippen LogP contribution is 2.36. The summed E-state index contributed by atoms with van der Waals surface area (Å²) in [5, 5.41) is 12.2. The van der Waals surface area contributed by atoms with Crippen molar-refractivity contribution >= 4 is 11.1 Å². The van der Waals surface area contributed by atoms with Crippen molar-refractivity contribution in [3.8, 4) is 28.3 Å². The smallest absolute Gasteiger partial charge is 0.227 e. The molecule has 1 saturated heterocycles. The molecule has 0 bridgehead atoms. The zero-order valence-corrected chi connectivity index (χ0v) is 22.3. The summed E-state index contributed by atoms with van der Waals surface area (Å²) in [5.41, 5.74) is 8.17. The monoisotopic (exact) mass is 515 g/mol. The average Bonchev–Trinajstić information content (AvgIpc) is 3.39. The van der Waals surface area contributed by atoms with E-state index in [2.05, 4.69) is 60.5 Å². The third-order valence-corrected chi connectivity index (χ3v) is 7.15. The van der Waals surface area contributed by atoms with Crippen LogP contribution in [-0.4, -0.2) is 67.6 Å². The maximum absolute atomic E-state index is 9.01. The molecule has 7 nitrogen and oxygen atoms in total. The van der Waals surface area contributed by atoms with Gasteiger partial charge in [-0.25, -0.2) is 4.98 Å². The van der Waals surface area contributed by atoms with Crippen LogP contribution in [0.4, 0.5) is 0 Å². The van der Waals surface area contributed by atoms with Crippen molar-refractivity contribution in [2.75, 3.05) is 52.6 Å². The molecule has 7 heteroatoms. The third-order valence-electron chi connectivity index (χ3n) is 7.15. The van der Waals surface area contributed by atoms with Gasteiger partial charge in [0.2, 0.25) is 5.89 Å². The standard InChI is InChI=1S/C31H37N3O4/c1-22-26(8-4-9-29(22)37-17-5-13-34-14-18-36-19-15-34)27-10-11-28-30(23(27)2)38-31(33-28)25-7-3-6-24(20-25)21-32-12-16-35/h3-4,6-11,20,32,35H,5,12-19,21H2,1-2H3. The van der Waals surface area contributed by atoms with E-state index >= 15 is 0 Å².